The van der Waals surface area contributed by atoms with Crippen LogP contribution in [0.3, 0.4) is 0 Å². The van der Waals surface area contributed by atoms with Gasteiger partial charge in [-0.1, -0.05) is 0 Å². The van der Waals surface area contributed by atoms with Gasteiger partial charge in [-0.05, 0) is 19.9 Å². The van der Waals surface area contributed by atoms with Crippen molar-refractivity contribution in [3.05, 3.63) is 0 Å². The van der Waals surface area contributed by atoms with Gasteiger partial charge in [0.05, 0.1) is 19.8 Å². The van der Waals surface area contributed by atoms with Crippen LogP contribution in [0.1, 0.15) is 19.8 Å². The highest BCUT2D eigenvalue weighted by Gasteiger charge is 2.41. The molecule has 2 fully saturated rings. The zero-order valence-corrected chi connectivity index (χ0v) is 8.87. The van der Waals surface area contributed by atoms with E-state index in [0.717, 1.165) is 39.1 Å². The van der Waals surface area contributed by atoms with Gasteiger partial charge < -0.3 is 15.2 Å². The predicted octanol–water partition coefficient (Wildman–Crippen LogP) is 0.173. The van der Waals surface area contributed by atoms with Crippen LogP contribution in [-0.4, -0.2) is 49.6 Å². The molecule has 0 amide bonds. The smallest absolute Gasteiger partial charge is 0.181 e. The lowest BCUT2D eigenvalue weighted by Crippen LogP contribution is -2.53. The van der Waals surface area contributed by atoms with Gasteiger partial charge in [0.2, 0.25) is 0 Å². The van der Waals surface area contributed by atoms with Crippen molar-refractivity contribution >= 4 is 0 Å². The summed E-state index contributed by atoms with van der Waals surface area (Å²) in [5.74, 6) is -0.304. The van der Waals surface area contributed by atoms with Gasteiger partial charge >= 0.3 is 0 Å². The summed E-state index contributed by atoms with van der Waals surface area (Å²) in [4.78, 5) is 2.37. The highest BCUT2D eigenvalue weighted by molar-refractivity contribution is 4.86. The van der Waals surface area contributed by atoms with E-state index in [1.165, 1.54) is 0 Å². The van der Waals surface area contributed by atoms with Gasteiger partial charge in [0.1, 0.15) is 0 Å². The third kappa shape index (κ3) is 1.93. The summed E-state index contributed by atoms with van der Waals surface area (Å²) in [6, 6.07) is 0.431. The van der Waals surface area contributed by atoms with Crippen LogP contribution < -0.4 is 5.73 Å². The predicted molar refractivity (Wildman–Crippen MR) is 54.0 cm³/mol. The van der Waals surface area contributed by atoms with Crippen molar-refractivity contribution in [3.63, 3.8) is 0 Å². The normalized spacial score (nSPS) is 29.6. The monoisotopic (exact) mass is 200 g/mol. The van der Waals surface area contributed by atoms with Gasteiger partial charge in [-0.3, -0.25) is 4.90 Å². The van der Waals surface area contributed by atoms with E-state index in [2.05, 4.69) is 11.8 Å². The first-order chi connectivity index (χ1) is 6.76. The molecule has 2 N–H and O–H groups in total. The molecule has 1 atom stereocenters. The Kier molecular flexibility index (Phi) is 3.07. The van der Waals surface area contributed by atoms with Gasteiger partial charge in [-0.25, -0.2) is 0 Å². The Morgan fingerprint density at radius 2 is 2.14 bits per heavy atom. The van der Waals surface area contributed by atoms with Crippen LogP contribution in [0.2, 0.25) is 0 Å². The molecule has 0 aromatic heterocycles. The van der Waals surface area contributed by atoms with E-state index in [0.29, 0.717) is 12.6 Å². The standard InChI is InChI=1S/C10H20N2O2/c1-9(7-11)12-4-2-3-10(8-12)13-5-6-14-10/h9H,2-8,11H2,1H3. The lowest BCUT2D eigenvalue weighted by molar-refractivity contribution is -0.192. The van der Waals surface area contributed by atoms with E-state index in [9.17, 15) is 0 Å². The number of hydrogen-bond donors (Lipinski definition) is 1. The lowest BCUT2D eigenvalue weighted by atomic mass is 10.0. The van der Waals surface area contributed by atoms with E-state index in [1.807, 2.05) is 0 Å². The molecule has 4 nitrogen and oxygen atoms in total. The number of nitrogens with two attached hydrogens (primary N) is 1. The fourth-order valence-corrected chi connectivity index (χ4v) is 2.28. The molecule has 0 bridgehead atoms. The molecule has 14 heavy (non-hydrogen) atoms. The van der Waals surface area contributed by atoms with E-state index in [4.69, 9.17) is 15.2 Å². The Morgan fingerprint density at radius 3 is 2.79 bits per heavy atom. The Bertz CT molecular complexity index is 193. The average Bonchev–Trinajstić information content (AvgIpc) is 2.65. The molecule has 2 rings (SSSR count). The molecule has 0 aromatic carbocycles. The van der Waals surface area contributed by atoms with E-state index in [-0.39, 0.29) is 5.79 Å². The summed E-state index contributed by atoms with van der Waals surface area (Å²) < 4.78 is 11.4. The summed E-state index contributed by atoms with van der Waals surface area (Å²) in [6.07, 6.45) is 2.17. The summed E-state index contributed by atoms with van der Waals surface area (Å²) in [6.45, 7) is 6.35. The van der Waals surface area contributed by atoms with E-state index in [1.54, 1.807) is 0 Å². The van der Waals surface area contributed by atoms with Crippen LogP contribution in [0.15, 0.2) is 0 Å². The van der Waals surface area contributed by atoms with E-state index < -0.39 is 0 Å². The molecule has 0 aromatic rings. The maximum Gasteiger partial charge on any atom is 0.181 e. The number of ether oxygens (including phenoxy) is 2. The molecule has 1 spiro atoms. The molecule has 2 aliphatic rings. The van der Waals surface area contributed by atoms with Crippen molar-refractivity contribution < 1.29 is 9.47 Å². The third-order valence-electron chi connectivity index (χ3n) is 3.23. The second-order valence-electron chi connectivity index (χ2n) is 4.27. The van der Waals surface area contributed by atoms with Gasteiger partial charge in [-0.15, -0.1) is 0 Å². The highest BCUT2D eigenvalue weighted by Crippen LogP contribution is 2.30. The molecule has 0 saturated carbocycles. The van der Waals surface area contributed by atoms with E-state index >= 15 is 0 Å². The first-order valence-corrected chi connectivity index (χ1v) is 5.48. The minimum absolute atomic E-state index is 0.304. The van der Waals surface area contributed by atoms with Crippen LogP contribution in [0.5, 0.6) is 0 Å². The second-order valence-corrected chi connectivity index (χ2v) is 4.27. The van der Waals surface area contributed by atoms with Gasteiger partial charge in [-0.2, -0.15) is 0 Å². The molecule has 0 aliphatic carbocycles. The summed E-state index contributed by atoms with van der Waals surface area (Å²) >= 11 is 0. The Hall–Kier alpha value is -0.160. The molecular weight excluding hydrogens is 180 g/mol. The molecule has 2 saturated heterocycles. The van der Waals surface area contributed by atoms with Crippen molar-refractivity contribution in [2.75, 3.05) is 32.8 Å². The van der Waals surface area contributed by atoms with Crippen molar-refractivity contribution in [1.29, 1.82) is 0 Å². The number of piperidine rings is 1. The van der Waals surface area contributed by atoms with Gasteiger partial charge in [0.25, 0.3) is 0 Å². The summed E-state index contributed by atoms with van der Waals surface area (Å²) in [5, 5.41) is 0. The minimum atomic E-state index is -0.304. The highest BCUT2D eigenvalue weighted by atomic mass is 16.7. The first-order valence-electron chi connectivity index (χ1n) is 5.48. The summed E-state index contributed by atoms with van der Waals surface area (Å²) in [5.41, 5.74) is 5.67. The molecule has 2 aliphatic heterocycles. The molecule has 4 heteroatoms. The average molecular weight is 200 g/mol. The quantitative estimate of drug-likeness (QED) is 0.690. The van der Waals surface area contributed by atoms with Crippen molar-refractivity contribution in [3.8, 4) is 0 Å². The van der Waals surface area contributed by atoms with Crippen molar-refractivity contribution in [2.24, 2.45) is 5.73 Å². The van der Waals surface area contributed by atoms with Crippen LogP contribution in [0.4, 0.5) is 0 Å². The fraction of sp³-hybridized carbons (Fsp3) is 1.00. The molecule has 1 unspecified atom stereocenters. The van der Waals surface area contributed by atoms with Crippen LogP contribution >= 0.6 is 0 Å². The number of likely N-dealkylation sites (tertiary alicyclic amines) is 1. The van der Waals surface area contributed by atoms with Crippen molar-refractivity contribution in [1.82, 2.24) is 4.90 Å². The maximum absolute atomic E-state index is 5.70. The second kappa shape index (κ2) is 4.14. The van der Waals surface area contributed by atoms with Gasteiger partial charge in [0, 0.05) is 19.0 Å². The van der Waals surface area contributed by atoms with Crippen LogP contribution in [0.25, 0.3) is 0 Å². The Balaban J connectivity index is 1.96. The zero-order chi connectivity index (χ0) is 10.0. The number of rotatable bonds is 2. The molecular formula is C10H20N2O2. The zero-order valence-electron chi connectivity index (χ0n) is 8.87. The molecule has 2 heterocycles. The lowest BCUT2D eigenvalue weighted by Gasteiger charge is -2.41. The Labute approximate surface area is 85.3 Å². The molecule has 0 radical (unpaired) electrons. The number of nitrogens with zero attached hydrogens (tertiary/aromatic N) is 1. The third-order valence-corrected chi connectivity index (χ3v) is 3.23. The maximum atomic E-state index is 5.70. The topological polar surface area (TPSA) is 47.7 Å². The SMILES string of the molecule is CC(CN)N1CCCC2(C1)OCCO2. The van der Waals surface area contributed by atoms with Crippen molar-refractivity contribution in [2.45, 2.75) is 31.6 Å². The fourth-order valence-electron chi connectivity index (χ4n) is 2.28. The van der Waals surface area contributed by atoms with Crippen LogP contribution in [-0.2, 0) is 9.47 Å². The number of hydrogen-bond acceptors (Lipinski definition) is 4. The van der Waals surface area contributed by atoms with Gasteiger partial charge in [0.15, 0.2) is 5.79 Å². The molecule has 82 valence electrons. The Morgan fingerprint density at radius 1 is 1.43 bits per heavy atom. The minimum Gasteiger partial charge on any atom is -0.346 e. The van der Waals surface area contributed by atoms with Crippen LogP contribution in [0, 0.1) is 0 Å². The largest absolute Gasteiger partial charge is 0.346 e. The summed E-state index contributed by atoms with van der Waals surface area (Å²) in [7, 11) is 0. The first kappa shape index (κ1) is 10.4.